The quantitative estimate of drug-likeness (QED) is 0.572. The Morgan fingerprint density at radius 1 is 1.17 bits per heavy atom. The van der Waals surface area contributed by atoms with Gasteiger partial charge in [0.05, 0.1) is 10.6 Å². The van der Waals surface area contributed by atoms with Crippen molar-refractivity contribution in [1.29, 1.82) is 0 Å². The number of anilines is 1. The van der Waals surface area contributed by atoms with E-state index < -0.39 is 39.4 Å². The monoisotopic (exact) mass is 525 g/mol. The number of amides is 2. The number of sulfonamides is 1. The van der Waals surface area contributed by atoms with Crippen LogP contribution < -0.4 is 10.2 Å². The molecule has 1 heterocycles. The lowest BCUT2D eigenvalue weighted by atomic mass is 10.0. The Morgan fingerprint density at radius 2 is 1.83 bits per heavy atom. The summed E-state index contributed by atoms with van der Waals surface area (Å²) < 4.78 is 43.4. The molecule has 0 saturated carbocycles. The van der Waals surface area contributed by atoms with Crippen molar-refractivity contribution in [3.63, 3.8) is 0 Å². The molecule has 0 aliphatic carbocycles. The van der Waals surface area contributed by atoms with Crippen LogP contribution in [0.3, 0.4) is 0 Å². The number of carboxylic acid groups (broad SMARTS) is 1. The summed E-state index contributed by atoms with van der Waals surface area (Å²) in [6, 6.07) is 8.52. The van der Waals surface area contributed by atoms with Crippen molar-refractivity contribution in [1.82, 2.24) is 9.62 Å². The molecule has 1 atom stereocenters. The number of rotatable bonds is 6. The lowest BCUT2D eigenvalue weighted by Crippen LogP contribution is -2.48. The average Bonchev–Trinajstić information content (AvgIpc) is 2.97. The fourth-order valence-corrected chi connectivity index (χ4v) is 5.80. The minimum atomic E-state index is -4.15. The Labute approximate surface area is 209 Å². The van der Waals surface area contributed by atoms with Crippen molar-refractivity contribution in [2.75, 3.05) is 11.4 Å². The van der Waals surface area contributed by atoms with Gasteiger partial charge in [-0.15, -0.1) is 0 Å². The summed E-state index contributed by atoms with van der Waals surface area (Å²) in [5, 5.41) is 12.7. The van der Waals surface area contributed by atoms with E-state index >= 15 is 4.39 Å². The molecule has 0 spiro atoms. The highest BCUT2D eigenvalue weighted by atomic mass is 35.5. The van der Waals surface area contributed by atoms with Crippen LogP contribution in [0.25, 0.3) is 0 Å². The Balaban J connectivity index is 2.03. The number of nitrogens with zero attached hydrogens (tertiary/aromatic N) is 2. The minimum Gasteiger partial charge on any atom is -0.465 e. The first-order valence-corrected chi connectivity index (χ1v) is 13.0. The van der Waals surface area contributed by atoms with Gasteiger partial charge in [-0.3, -0.25) is 9.69 Å². The fourth-order valence-electron chi connectivity index (χ4n) is 4.06. The Bertz CT molecular complexity index is 1200. The van der Waals surface area contributed by atoms with Crippen LogP contribution in [0.4, 0.5) is 14.9 Å². The van der Waals surface area contributed by atoms with E-state index in [9.17, 15) is 23.1 Å². The van der Waals surface area contributed by atoms with Gasteiger partial charge in [0.1, 0.15) is 11.9 Å². The van der Waals surface area contributed by atoms with E-state index in [-0.39, 0.29) is 22.7 Å². The molecule has 35 heavy (non-hydrogen) atoms. The molecule has 0 unspecified atom stereocenters. The largest absolute Gasteiger partial charge is 0.465 e. The summed E-state index contributed by atoms with van der Waals surface area (Å²) in [7, 11) is -4.15. The van der Waals surface area contributed by atoms with Gasteiger partial charge in [0.15, 0.2) is 0 Å². The van der Waals surface area contributed by atoms with Gasteiger partial charge in [-0.2, -0.15) is 4.31 Å². The predicted molar refractivity (Wildman–Crippen MR) is 131 cm³/mol. The van der Waals surface area contributed by atoms with Gasteiger partial charge < -0.3 is 10.4 Å². The minimum absolute atomic E-state index is 0.0409. The molecule has 2 N–H and O–H groups in total. The summed E-state index contributed by atoms with van der Waals surface area (Å²) in [6.45, 7) is 5.09. The molecule has 1 saturated heterocycles. The summed E-state index contributed by atoms with van der Waals surface area (Å²) in [6.07, 6.45) is 0.364. The molecule has 190 valence electrons. The number of carbonyl (C=O) groups is 2. The number of halogens is 2. The van der Waals surface area contributed by atoms with E-state index in [1.807, 2.05) is 0 Å². The molecular weight excluding hydrogens is 497 g/mol. The van der Waals surface area contributed by atoms with Crippen molar-refractivity contribution in [2.45, 2.75) is 63.1 Å². The highest BCUT2D eigenvalue weighted by Gasteiger charge is 2.37. The molecule has 2 amide bonds. The van der Waals surface area contributed by atoms with E-state index in [2.05, 4.69) is 5.32 Å². The summed E-state index contributed by atoms with van der Waals surface area (Å²) in [5.41, 5.74) is -0.774. The van der Waals surface area contributed by atoms with Crippen LogP contribution in [0.2, 0.25) is 5.02 Å². The standard InChI is InChI=1S/C24H29ClFN3O5S/c1-24(2,3)29(23(31)32)20-12-7-16(14-19(20)26)15-28(21-6-4-5-13-27-22(21)30)35(33,34)18-10-8-17(25)9-11-18/h7-12,14,21H,4-6,13,15H2,1-3H3,(H,27,30)(H,31,32)/t21-/m1/s1. The second-order valence-electron chi connectivity index (χ2n) is 9.38. The van der Waals surface area contributed by atoms with Crippen LogP contribution in [0, 0.1) is 5.82 Å². The molecule has 3 rings (SSSR count). The molecular formula is C24H29ClFN3O5S. The normalized spacial score (nSPS) is 17.1. The van der Waals surface area contributed by atoms with Crippen LogP contribution in [0.1, 0.15) is 45.6 Å². The Kier molecular flexibility index (Phi) is 8.08. The van der Waals surface area contributed by atoms with Crippen LogP contribution in [-0.4, -0.2) is 48.0 Å². The van der Waals surface area contributed by atoms with Crippen LogP contribution in [0.5, 0.6) is 0 Å². The summed E-state index contributed by atoms with van der Waals surface area (Å²) >= 11 is 5.92. The number of benzene rings is 2. The fraction of sp³-hybridized carbons (Fsp3) is 0.417. The number of nitrogens with one attached hydrogen (secondary N) is 1. The molecule has 2 aromatic carbocycles. The van der Waals surface area contributed by atoms with E-state index in [0.717, 1.165) is 21.7 Å². The third-order valence-corrected chi connectivity index (χ3v) is 7.85. The number of hydrogen-bond donors (Lipinski definition) is 2. The van der Waals surface area contributed by atoms with Gasteiger partial charge in [0, 0.05) is 23.7 Å². The van der Waals surface area contributed by atoms with Gasteiger partial charge in [0.25, 0.3) is 0 Å². The molecule has 1 aliphatic rings. The Hall–Kier alpha value is -2.69. The first-order chi connectivity index (χ1) is 16.3. The van der Waals surface area contributed by atoms with Gasteiger partial charge in [0.2, 0.25) is 15.9 Å². The van der Waals surface area contributed by atoms with Gasteiger partial charge in [-0.05, 0) is 82.0 Å². The number of hydrogen-bond acceptors (Lipinski definition) is 4. The highest BCUT2D eigenvalue weighted by molar-refractivity contribution is 7.89. The van der Waals surface area contributed by atoms with Crippen molar-refractivity contribution in [3.8, 4) is 0 Å². The van der Waals surface area contributed by atoms with Gasteiger partial charge >= 0.3 is 6.09 Å². The molecule has 2 aromatic rings. The third kappa shape index (κ3) is 6.12. The molecule has 11 heteroatoms. The zero-order valence-corrected chi connectivity index (χ0v) is 21.4. The third-order valence-electron chi connectivity index (χ3n) is 5.73. The van der Waals surface area contributed by atoms with E-state index in [4.69, 9.17) is 11.6 Å². The smallest absolute Gasteiger partial charge is 0.412 e. The van der Waals surface area contributed by atoms with Crippen LogP contribution >= 0.6 is 11.6 Å². The molecule has 8 nitrogen and oxygen atoms in total. The lowest BCUT2D eigenvalue weighted by molar-refractivity contribution is -0.124. The maximum atomic E-state index is 15.1. The summed E-state index contributed by atoms with van der Waals surface area (Å²) in [4.78, 5) is 25.4. The van der Waals surface area contributed by atoms with Crippen molar-refractivity contribution in [2.24, 2.45) is 0 Å². The second-order valence-corrected chi connectivity index (χ2v) is 11.7. The average molecular weight is 526 g/mol. The van der Waals surface area contributed by atoms with Crippen molar-refractivity contribution >= 4 is 39.3 Å². The second kappa shape index (κ2) is 10.5. The first-order valence-electron chi connectivity index (χ1n) is 11.2. The van der Waals surface area contributed by atoms with Gasteiger partial charge in [-0.1, -0.05) is 17.7 Å². The zero-order valence-electron chi connectivity index (χ0n) is 19.8. The van der Waals surface area contributed by atoms with E-state index in [1.165, 1.54) is 36.4 Å². The maximum absolute atomic E-state index is 15.1. The molecule has 0 aromatic heterocycles. The van der Waals surface area contributed by atoms with Crippen LogP contribution in [-0.2, 0) is 21.4 Å². The topological polar surface area (TPSA) is 107 Å². The summed E-state index contributed by atoms with van der Waals surface area (Å²) in [5.74, 6) is -1.23. The Morgan fingerprint density at radius 3 is 2.40 bits per heavy atom. The van der Waals surface area contributed by atoms with Gasteiger partial charge in [-0.25, -0.2) is 17.6 Å². The number of carbonyl (C=O) groups excluding carboxylic acids is 1. The molecule has 0 bridgehead atoms. The maximum Gasteiger partial charge on any atom is 0.412 e. The molecule has 1 fully saturated rings. The highest BCUT2D eigenvalue weighted by Crippen LogP contribution is 2.30. The van der Waals surface area contributed by atoms with E-state index in [0.29, 0.717) is 24.4 Å². The van der Waals surface area contributed by atoms with Crippen molar-refractivity contribution < 1.29 is 27.5 Å². The molecule has 0 radical (unpaired) electrons. The molecule has 1 aliphatic heterocycles. The SMILES string of the molecule is CC(C)(C)N(C(=O)O)c1ccc(CN([C@@H]2CCCCNC2=O)S(=O)(=O)c2ccc(Cl)cc2)cc1F. The van der Waals surface area contributed by atoms with E-state index in [1.54, 1.807) is 20.8 Å². The van der Waals surface area contributed by atoms with Crippen LogP contribution in [0.15, 0.2) is 47.4 Å². The zero-order chi connectivity index (χ0) is 26.0. The lowest BCUT2D eigenvalue weighted by Gasteiger charge is -2.33. The first kappa shape index (κ1) is 26.9. The van der Waals surface area contributed by atoms with Crippen molar-refractivity contribution in [3.05, 3.63) is 58.9 Å². The predicted octanol–water partition coefficient (Wildman–Crippen LogP) is 4.62.